The molecule has 1 aliphatic carbocycles. The standard InChI is InChI=1S/C19H30N2O3/c1-13-16-14(22)11-19(2,3)12-15(16)24-17(13)18(23)20-7-10-21-8-5-4-6-9-21/h14,22H,4-12H2,1-3H3,(H,20,23). The zero-order valence-electron chi connectivity index (χ0n) is 15.2. The molecule has 1 saturated heterocycles. The minimum Gasteiger partial charge on any atom is -0.455 e. The number of likely N-dealkylation sites (tertiary alicyclic amines) is 1. The number of aliphatic hydroxyl groups excluding tert-OH is 1. The van der Waals surface area contributed by atoms with Gasteiger partial charge in [0.1, 0.15) is 5.76 Å². The molecule has 0 spiro atoms. The number of hydrogen-bond donors (Lipinski definition) is 2. The molecule has 1 fully saturated rings. The highest BCUT2D eigenvalue weighted by molar-refractivity contribution is 5.93. The maximum atomic E-state index is 12.5. The third-order valence-electron chi connectivity index (χ3n) is 5.36. The molecule has 0 saturated carbocycles. The SMILES string of the molecule is Cc1c(C(=O)NCCN2CCCCC2)oc2c1C(O)CC(C)(C)C2. The summed E-state index contributed by atoms with van der Waals surface area (Å²) in [5, 5.41) is 13.4. The molecule has 1 aromatic heterocycles. The van der Waals surface area contributed by atoms with Crippen molar-refractivity contribution in [2.24, 2.45) is 5.41 Å². The molecule has 5 heteroatoms. The van der Waals surface area contributed by atoms with E-state index >= 15 is 0 Å². The summed E-state index contributed by atoms with van der Waals surface area (Å²) in [4.78, 5) is 14.9. The van der Waals surface area contributed by atoms with E-state index in [1.54, 1.807) is 0 Å². The van der Waals surface area contributed by atoms with E-state index in [9.17, 15) is 9.90 Å². The number of carbonyl (C=O) groups excluding carboxylic acids is 1. The van der Waals surface area contributed by atoms with E-state index in [0.717, 1.165) is 42.9 Å². The fourth-order valence-electron chi connectivity index (χ4n) is 4.09. The first kappa shape index (κ1) is 17.5. The third kappa shape index (κ3) is 3.67. The number of nitrogens with one attached hydrogen (secondary N) is 1. The molecular weight excluding hydrogens is 304 g/mol. The molecule has 1 unspecified atom stereocenters. The molecule has 5 nitrogen and oxygen atoms in total. The zero-order valence-corrected chi connectivity index (χ0v) is 15.2. The number of hydrogen-bond acceptors (Lipinski definition) is 4. The quantitative estimate of drug-likeness (QED) is 0.888. The molecule has 0 aromatic carbocycles. The van der Waals surface area contributed by atoms with Gasteiger partial charge in [-0.3, -0.25) is 4.79 Å². The van der Waals surface area contributed by atoms with Crippen LogP contribution in [0.15, 0.2) is 4.42 Å². The van der Waals surface area contributed by atoms with Crippen molar-refractivity contribution >= 4 is 5.91 Å². The van der Waals surface area contributed by atoms with E-state index in [2.05, 4.69) is 24.1 Å². The Kier molecular flexibility index (Phi) is 5.02. The molecule has 134 valence electrons. The molecule has 0 radical (unpaired) electrons. The average molecular weight is 334 g/mol. The number of amides is 1. The van der Waals surface area contributed by atoms with E-state index in [1.807, 2.05) is 6.92 Å². The van der Waals surface area contributed by atoms with E-state index in [0.29, 0.717) is 18.7 Å². The number of aliphatic hydroxyl groups is 1. The lowest BCUT2D eigenvalue weighted by molar-refractivity contribution is 0.0881. The largest absolute Gasteiger partial charge is 0.455 e. The van der Waals surface area contributed by atoms with Crippen molar-refractivity contribution in [1.29, 1.82) is 0 Å². The number of rotatable bonds is 4. The smallest absolute Gasteiger partial charge is 0.287 e. The van der Waals surface area contributed by atoms with Crippen LogP contribution in [-0.4, -0.2) is 42.1 Å². The Bertz CT molecular complexity index is 600. The first-order valence-electron chi connectivity index (χ1n) is 9.18. The van der Waals surface area contributed by atoms with Gasteiger partial charge in [0, 0.05) is 30.6 Å². The molecule has 1 aromatic rings. The van der Waals surface area contributed by atoms with Gasteiger partial charge in [-0.15, -0.1) is 0 Å². The van der Waals surface area contributed by atoms with Crippen LogP contribution in [-0.2, 0) is 6.42 Å². The molecule has 2 heterocycles. The van der Waals surface area contributed by atoms with Crippen molar-refractivity contribution in [3.63, 3.8) is 0 Å². The predicted molar refractivity (Wildman–Crippen MR) is 93.1 cm³/mol. The van der Waals surface area contributed by atoms with Gasteiger partial charge >= 0.3 is 0 Å². The summed E-state index contributed by atoms with van der Waals surface area (Å²) in [7, 11) is 0. The number of furan rings is 1. The van der Waals surface area contributed by atoms with Crippen LogP contribution in [0.5, 0.6) is 0 Å². The Hall–Kier alpha value is -1.33. The first-order chi connectivity index (χ1) is 11.4. The van der Waals surface area contributed by atoms with E-state index in [4.69, 9.17) is 4.42 Å². The Labute approximate surface area is 144 Å². The van der Waals surface area contributed by atoms with E-state index < -0.39 is 6.10 Å². The highest BCUT2D eigenvalue weighted by Crippen LogP contribution is 2.43. The van der Waals surface area contributed by atoms with E-state index in [1.165, 1.54) is 19.3 Å². The van der Waals surface area contributed by atoms with Gasteiger partial charge in [-0.2, -0.15) is 0 Å². The van der Waals surface area contributed by atoms with Gasteiger partial charge in [-0.1, -0.05) is 20.3 Å². The highest BCUT2D eigenvalue weighted by Gasteiger charge is 2.37. The molecule has 2 N–H and O–H groups in total. The summed E-state index contributed by atoms with van der Waals surface area (Å²) in [5.41, 5.74) is 1.62. The Morgan fingerprint density at radius 2 is 2.04 bits per heavy atom. The van der Waals surface area contributed by atoms with E-state index in [-0.39, 0.29) is 11.3 Å². The molecule has 3 rings (SSSR count). The van der Waals surface area contributed by atoms with Crippen molar-refractivity contribution in [2.75, 3.05) is 26.2 Å². The van der Waals surface area contributed by atoms with Gasteiger partial charge in [-0.05, 0) is 44.7 Å². The van der Waals surface area contributed by atoms with Crippen molar-refractivity contribution in [3.8, 4) is 0 Å². The summed E-state index contributed by atoms with van der Waals surface area (Å²) >= 11 is 0. The highest BCUT2D eigenvalue weighted by atomic mass is 16.4. The number of nitrogens with zero attached hydrogens (tertiary/aromatic N) is 1. The second-order valence-corrected chi connectivity index (χ2v) is 8.11. The summed E-state index contributed by atoms with van der Waals surface area (Å²) < 4.78 is 5.86. The normalized spacial score (nSPS) is 23.8. The van der Waals surface area contributed by atoms with Crippen molar-refractivity contribution in [2.45, 2.75) is 59.0 Å². The third-order valence-corrected chi connectivity index (χ3v) is 5.36. The molecule has 24 heavy (non-hydrogen) atoms. The maximum Gasteiger partial charge on any atom is 0.287 e. The monoisotopic (exact) mass is 334 g/mol. The molecular formula is C19H30N2O3. The zero-order chi connectivity index (χ0) is 17.3. The summed E-state index contributed by atoms with van der Waals surface area (Å²) in [6.45, 7) is 9.91. The van der Waals surface area contributed by atoms with Crippen molar-refractivity contribution in [1.82, 2.24) is 10.2 Å². The fraction of sp³-hybridized carbons (Fsp3) is 0.737. The summed E-state index contributed by atoms with van der Waals surface area (Å²) in [6, 6.07) is 0. The summed E-state index contributed by atoms with van der Waals surface area (Å²) in [5.74, 6) is 0.983. The minimum absolute atomic E-state index is 0.00127. The Morgan fingerprint density at radius 3 is 2.75 bits per heavy atom. The Morgan fingerprint density at radius 1 is 1.33 bits per heavy atom. The van der Waals surface area contributed by atoms with Crippen molar-refractivity contribution in [3.05, 3.63) is 22.6 Å². The first-order valence-corrected chi connectivity index (χ1v) is 9.18. The van der Waals surface area contributed by atoms with Gasteiger partial charge in [0.05, 0.1) is 6.10 Å². The van der Waals surface area contributed by atoms with Gasteiger partial charge in [0.15, 0.2) is 5.76 Å². The van der Waals surface area contributed by atoms with Crippen LogP contribution in [0.4, 0.5) is 0 Å². The minimum atomic E-state index is -0.539. The Balaban J connectivity index is 1.63. The number of carbonyl (C=O) groups is 1. The average Bonchev–Trinajstić information content (AvgIpc) is 2.83. The van der Waals surface area contributed by atoms with Gasteiger partial charge in [-0.25, -0.2) is 0 Å². The lowest BCUT2D eigenvalue weighted by atomic mass is 9.75. The predicted octanol–water partition coefficient (Wildman–Crippen LogP) is 2.81. The van der Waals surface area contributed by atoms with Crippen LogP contribution < -0.4 is 5.32 Å². The number of fused-ring (bicyclic) bond motifs is 1. The molecule has 1 amide bonds. The lowest BCUT2D eigenvalue weighted by Crippen LogP contribution is -2.37. The van der Waals surface area contributed by atoms with Crippen LogP contribution >= 0.6 is 0 Å². The van der Waals surface area contributed by atoms with Gasteiger partial charge in [0.25, 0.3) is 5.91 Å². The molecule has 0 bridgehead atoms. The lowest BCUT2D eigenvalue weighted by Gasteiger charge is -2.31. The topological polar surface area (TPSA) is 65.7 Å². The fourth-order valence-corrected chi connectivity index (χ4v) is 4.09. The van der Waals surface area contributed by atoms with Crippen LogP contribution in [0, 0.1) is 12.3 Å². The van der Waals surface area contributed by atoms with Crippen LogP contribution in [0.2, 0.25) is 0 Å². The van der Waals surface area contributed by atoms with Gasteiger partial charge < -0.3 is 19.7 Å². The summed E-state index contributed by atoms with van der Waals surface area (Å²) in [6.07, 6.45) is 4.76. The van der Waals surface area contributed by atoms with Crippen LogP contribution in [0.1, 0.15) is 73.1 Å². The molecule has 2 aliphatic rings. The van der Waals surface area contributed by atoms with Crippen molar-refractivity contribution < 1.29 is 14.3 Å². The second kappa shape index (κ2) is 6.89. The second-order valence-electron chi connectivity index (χ2n) is 8.11. The van der Waals surface area contributed by atoms with Crippen LogP contribution in [0.3, 0.4) is 0 Å². The molecule has 1 atom stereocenters. The van der Waals surface area contributed by atoms with Gasteiger partial charge in [0.2, 0.25) is 0 Å². The number of piperidine rings is 1. The molecule has 1 aliphatic heterocycles. The maximum absolute atomic E-state index is 12.5. The van der Waals surface area contributed by atoms with Crippen LogP contribution in [0.25, 0.3) is 0 Å².